The fraction of sp³-hybridized carbons (Fsp3) is 1.00. The Balaban J connectivity index is 2.68. The second-order valence-corrected chi connectivity index (χ2v) is 6.03. The van der Waals surface area contributed by atoms with Gasteiger partial charge < -0.3 is 5.32 Å². The number of rotatable bonds is 5. The molecule has 0 saturated heterocycles. The van der Waals surface area contributed by atoms with Gasteiger partial charge in [0.2, 0.25) is 0 Å². The van der Waals surface area contributed by atoms with Crippen LogP contribution in [0.2, 0.25) is 0 Å². The molecule has 16 heavy (non-hydrogen) atoms. The first-order chi connectivity index (χ1) is 7.61. The molecule has 0 aromatic carbocycles. The third kappa shape index (κ3) is 3.23. The molecule has 0 amide bonds. The van der Waals surface area contributed by atoms with Gasteiger partial charge in [0.05, 0.1) is 0 Å². The Labute approximate surface area is 102 Å². The molecule has 1 fully saturated rings. The fourth-order valence-corrected chi connectivity index (χ4v) is 3.50. The van der Waals surface area contributed by atoms with Crippen LogP contribution in [-0.2, 0) is 0 Å². The van der Waals surface area contributed by atoms with Crippen molar-refractivity contribution in [3.8, 4) is 0 Å². The van der Waals surface area contributed by atoms with E-state index in [9.17, 15) is 0 Å². The molecule has 0 radical (unpaired) electrons. The summed E-state index contributed by atoms with van der Waals surface area (Å²) in [6.45, 7) is 9.51. The first-order valence-corrected chi connectivity index (χ1v) is 7.29. The third-order valence-electron chi connectivity index (χ3n) is 4.90. The molecule has 1 aliphatic carbocycles. The lowest BCUT2D eigenvalue weighted by atomic mass is 9.69. The number of hydrogen-bond donors (Lipinski definition) is 1. The molecular weight excluding hydrogens is 194 g/mol. The Hall–Kier alpha value is -0.0400. The van der Waals surface area contributed by atoms with E-state index in [0.29, 0.717) is 0 Å². The van der Waals surface area contributed by atoms with E-state index in [1.54, 1.807) is 0 Å². The largest absolute Gasteiger partial charge is 0.316 e. The fourth-order valence-electron chi connectivity index (χ4n) is 3.50. The zero-order valence-electron chi connectivity index (χ0n) is 11.9. The van der Waals surface area contributed by atoms with Crippen LogP contribution in [0.3, 0.4) is 0 Å². The molecule has 4 unspecified atom stereocenters. The summed E-state index contributed by atoms with van der Waals surface area (Å²) >= 11 is 0. The van der Waals surface area contributed by atoms with Crippen molar-refractivity contribution in [1.82, 2.24) is 5.32 Å². The van der Waals surface area contributed by atoms with E-state index in [2.05, 4.69) is 40.1 Å². The molecule has 1 rings (SSSR count). The predicted octanol–water partition coefficient (Wildman–Crippen LogP) is 4.08. The summed E-state index contributed by atoms with van der Waals surface area (Å²) in [6.07, 6.45) is 7.19. The summed E-state index contributed by atoms with van der Waals surface area (Å²) in [5, 5.41) is 3.62. The van der Waals surface area contributed by atoms with Crippen LogP contribution >= 0.6 is 0 Å². The van der Waals surface area contributed by atoms with E-state index in [4.69, 9.17) is 0 Å². The molecule has 4 atom stereocenters. The predicted molar refractivity (Wildman–Crippen MR) is 72.6 cm³/mol. The lowest BCUT2D eigenvalue weighted by Crippen LogP contribution is -2.45. The molecule has 1 aliphatic rings. The van der Waals surface area contributed by atoms with Crippen molar-refractivity contribution in [2.45, 2.75) is 65.8 Å². The Morgan fingerprint density at radius 1 is 1.12 bits per heavy atom. The molecule has 1 saturated carbocycles. The lowest BCUT2D eigenvalue weighted by molar-refractivity contribution is 0.130. The summed E-state index contributed by atoms with van der Waals surface area (Å²) in [6, 6.07) is 0.727. The van der Waals surface area contributed by atoms with Crippen molar-refractivity contribution in [2.24, 2.45) is 23.7 Å². The Kier molecular flexibility index (Phi) is 5.82. The topological polar surface area (TPSA) is 12.0 Å². The third-order valence-corrected chi connectivity index (χ3v) is 4.90. The molecule has 1 nitrogen and oxygen atoms in total. The monoisotopic (exact) mass is 225 g/mol. The van der Waals surface area contributed by atoms with E-state index in [1.165, 1.54) is 32.1 Å². The van der Waals surface area contributed by atoms with E-state index < -0.39 is 0 Å². The smallest absolute Gasteiger partial charge is 0.0123 e. The highest BCUT2D eigenvalue weighted by Gasteiger charge is 2.33. The molecular formula is C15H31N. The van der Waals surface area contributed by atoms with Crippen molar-refractivity contribution in [1.29, 1.82) is 0 Å². The molecule has 1 N–H and O–H groups in total. The maximum absolute atomic E-state index is 3.62. The normalized spacial score (nSPS) is 30.4. The second kappa shape index (κ2) is 6.64. The average molecular weight is 225 g/mol. The van der Waals surface area contributed by atoms with Gasteiger partial charge in [0.15, 0.2) is 0 Å². The minimum absolute atomic E-state index is 0.727. The van der Waals surface area contributed by atoms with Gasteiger partial charge in [-0.2, -0.15) is 0 Å². The maximum atomic E-state index is 3.62. The van der Waals surface area contributed by atoms with E-state index >= 15 is 0 Å². The molecule has 0 aliphatic heterocycles. The highest BCUT2D eigenvalue weighted by Crippen LogP contribution is 2.37. The highest BCUT2D eigenvalue weighted by molar-refractivity contribution is 4.87. The Morgan fingerprint density at radius 2 is 1.75 bits per heavy atom. The van der Waals surface area contributed by atoms with Crippen LogP contribution in [0.5, 0.6) is 0 Å². The van der Waals surface area contributed by atoms with Crippen LogP contribution in [0, 0.1) is 23.7 Å². The molecule has 96 valence electrons. The molecule has 0 spiro atoms. The summed E-state index contributed by atoms with van der Waals surface area (Å²) in [4.78, 5) is 0. The summed E-state index contributed by atoms with van der Waals surface area (Å²) in [7, 11) is 2.16. The molecule has 0 bridgehead atoms. The van der Waals surface area contributed by atoms with Crippen molar-refractivity contribution in [3.05, 3.63) is 0 Å². The van der Waals surface area contributed by atoms with E-state index in [1.807, 2.05) is 0 Å². The van der Waals surface area contributed by atoms with Crippen molar-refractivity contribution in [3.63, 3.8) is 0 Å². The first kappa shape index (κ1) is 14.0. The highest BCUT2D eigenvalue weighted by atomic mass is 14.9. The number of nitrogens with one attached hydrogen (secondary N) is 1. The number of hydrogen-bond acceptors (Lipinski definition) is 1. The molecule has 1 heteroatoms. The standard InChI is InChI=1S/C15H31N/c1-6-13-9-7-8-10-14(13)15(16-5)12(4)11(2)3/h11-16H,6-10H2,1-5H3. The summed E-state index contributed by atoms with van der Waals surface area (Å²) < 4.78 is 0. The average Bonchev–Trinajstić information content (AvgIpc) is 2.30. The van der Waals surface area contributed by atoms with Crippen LogP contribution in [0.4, 0.5) is 0 Å². The van der Waals surface area contributed by atoms with Gasteiger partial charge in [0, 0.05) is 6.04 Å². The SMILES string of the molecule is CCC1CCCCC1C(NC)C(C)C(C)C. The zero-order chi connectivity index (χ0) is 12.1. The Morgan fingerprint density at radius 3 is 2.25 bits per heavy atom. The van der Waals surface area contributed by atoms with Gasteiger partial charge in [-0.15, -0.1) is 0 Å². The molecule has 0 aromatic rings. The van der Waals surface area contributed by atoms with Crippen LogP contribution in [0.25, 0.3) is 0 Å². The van der Waals surface area contributed by atoms with Gasteiger partial charge in [-0.1, -0.05) is 53.4 Å². The lowest BCUT2D eigenvalue weighted by Gasteiger charge is -2.40. The zero-order valence-corrected chi connectivity index (χ0v) is 11.9. The second-order valence-electron chi connectivity index (χ2n) is 6.03. The van der Waals surface area contributed by atoms with Crippen molar-refractivity contribution in [2.75, 3.05) is 7.05 Å². The van der Waals surface area contributed by atoms with E-state index in [-0.39, 0.29) is 0 Å². The van der Waals surface area contributed by atoms with Gasteiger partial charge in [0.1, 0.15) is 0 Å². The van der Waals surface area contributed by atoms with Gasteiger partial charge in [-0.05, 0) is 37.1 Å². The molecule has 0 aromatic heterocycles. The van der Waals surface area contributed by atoms with Crippen LogP contribution in [0.1, 0.15) is 59.8 Å². The van der Waals surface area contributed by atoms with Crippen LogP contribution < -0.4 is 5.32 Å². The molecule has 0 heterocycles. The van der Waals surface area contributed by atoms with Crippen LogP contribution in [-0.4, -0.2) is 13.1 Å². The van der Waals surface area contributed by atoms with E-state index in [0.717, 1.165) is 29.7 Å². The van der Waals surface area contributed by atoms with Gasteiger partial charge in [-0.25, -0.2) is 0 Å². The van der Waals surface area contributed by atoms with Gasteiger partial charge >= 0.3 is 0 Å². The van der Waals surface area contributed by atoms with Crippen molar-refractivity contribution < 1.29 is 0 Å². The minimum Gasteiger partial charge on any atom is -0.316 e. The van der Waals surface area contributed by atoms with Gasteiger partial charge in [0.25, 0.3) is 0 Å². The first-order valence-electron chi connectivity index (χ1n) is 7.29. The quantitative estimate of drug-likeness (QED) is 0.743. The maximum Gasteiger partial charge on any atom is 0.0123 e. The summed E-state index contributed by atoms with van der Waals surface area (Å²) in [5.41, 5.74) is 0. The van der Waals surface area contributed by atoms with Crippen molar-refractivity contribution >= 4 is 0 Å². The Bertz CT molecular complexity index is 186. The van der Waals surface area contributed by atoms with Gasteiger partial charge in [-0.3, -0.25) is 0 Å². The minimum atomic E-state index is 0.727. The summed E-state index contributed by atoms with van der Waals surface area (Å²) in [5.74, 6) is 3.47. The van der Waals surface area contributed by atoms with Crippen LogP contribution in [0.15, 0.2) is 0 Å².